The number of rotatable bonds is 3. The van der Waals surface area contributed by atoms with Crippen molar-refractivity contribution in [2.24, 2.45) is 0 Å². The van der Waals surface area contributed by atoms with Crippen molar-refractivity contribution in [2.45, 2.75) is 25.5 Å². The number of hydrogen-bond donors (Lipinski definition) is 0. The number of carbonyl (C=O) groups excluding carboxylic acids is 1. The van der Waals surface area contributed by atoms with E-state index in [1.54, 1.807) is 12.0 Å². The van der Waals surface area contributed by atoms with Gasteiger partial charge in [0.25, 0.3) is 0 Å². The van der Waals surface area contributed by atoms with E-state index in [1.165, 1.54) is 5.40 Å². The Morgan fingerprint density at radius 3 is 2.67 bits per heavy atom. The van der Waals surface area contributed by atoms with Crippen molar-refractivity contribution in [3.05, 3.63) is 0 Å². The van der Waals surface area contributed by atoms with E-state index in [0.717, 1.165) is 37.6 Å². The van der Waals surface area contributed by atoms with Gasteiger partial charge in [0.1, 0.15) is 11.6 Å². The number of nitriles is 2. The quantitative estimate of drug-likeness (QED) is 0.348. The minimum absolute atomic E-state index is 0. The maximum absolute atomic E-state index is 11.6. The van der Waals surface area contributed by atoms with Crippen molar-refractivity contribution in [3.8, 4) is 10.8 Å². The summed E-state index contributed by atoms with van der Waals surface area (Å²) >= 11 is 4.68. The predicted molar refractivity (Wildman–Crippen MR) is 67.4 cm³/mol. The van der Waals surface area contributed by atoms with Gasteiger partial charge in [-0.3, -0.25) is 4.79 Å². The van der Waals surface area contributed by atoms with Crippen molar-refractivity contribution in [3.63, 3.8) is 0 Å². The minimum atomic E-state index is -0.0875. The second-order valence-electron chi connectivity index (χ2n) is 3.24. The summed E-state index contributed by atoms with van der Waals surface area (Å²) in [6, 6.07) is 0. The average Bonchev–Trinajstić information content (AvgIpc) is 2.36. The number of ether oxygens (including phenoxy) is 1. The van der Waals surface area contributed by atoms with Crippen molar-refractivity contribution in [1.82, 2.24) is 4.90 Å². The Kier molecular flexibility index (Phi) is 16.3. The van der Waals surface area contributed by atoms with Crippen LogP contribution >= 0.6 is 11.8 Å². The van der Waals surface area contributed by atoms with Crippen LogP contribution in [0.5, 0.6) is 0 Å². The van der Waals surface area contributed by atoms with Crippen LogP contribution in [0.2, 0.25) is 0 Å². The van der Waals surface area contributed by atoms with Crippen LogP contribution in [0, 0.1) is 21.3 Å². The third-order valence-electron chi connectivity index (χ3n) is 2.30. The molecule has 1 atom stereocenters. The Morgan fingerprint density at radius 1 is 1.56 bits per heavy atom. The number of thioether (sulfide) groups is 1. The molecular formula is C10H14KN3O2S2. The zero-order valence-corrected chi connectivity index (χ0v) is 15.3. The zero-order chi connectivity index (χ0) is 13.1. The van der Waals surface area contributed by atoms with Crippen LogP contribution in [-0.2, 0) is 22.2 Å². The van der Waals surface area contributed by atoms with E-state index in [0.29, 0.717) is 0 Å². The van der Waals surface area contributed by atoms with Crippen LogP contribution in [0.1, 0.15) is 19.3 Å². The fourth-order valence-electron chi connectivity index (χ4n) is 1.61. The fraction of sp³-hybridized carbons (Fsp3) is 0.700. The first-order valence-electron chi connectivity index (χ1n) is 5.05. The largest absolute Gasteiger partial charge is 1.00 e. The first-order chi connectivity index (χ1) is 8.21. The SMILES string of the molecule is COC1CCCCN1C(=O)CSC#N.N#C[S-].[K+]. The molecule has 0 aliphatic carbocycles. The van der Waals surface area contributed by atoms with Crippen LogP contribution in [0.15, 0.2) is 0 Å². The predicted octanol–water partition coefficient (Wildman–Crippen LogP) is -1.80. The zero-order valence-electron chi connectivity index (χ0n) is 10.6. The number of thiocyanates is 2. The molecule has 0 bridgehead atoms. The minimum Gasteiger partial charge on any atom is -0.696 e. The summed E-state index contributed by atoms with van der Waals surface area (Å²) in [6.45, 7) is 0.753. The van der Waals surface area contributed by atoms with Crippen molar-refractivity contribution < 1.29 is 60.9 Å². The molecule has 0 aromatic carbocycles. The monoisotopic (exact) mass is 311 g/mol. The van der Waals surface area contributed by atoms with E-state index in [1.807, 2.05) is 5.40 Å². The van der Waals surface area contributed by atoms with Gasteiger partial charge in [0.15, 0.2) is 0 Å². The normalized spacial score (nSPS) is 17.3. The van der Waals surface area contributed by atoms with Gasteiger partial charge < -0.3 is 22.3 Å². The summed E-state index contributed by atoms with van der Waals surface area (Å²) in [7, 11) is 1.62. The van der Waals surface area contributed by atoms with Gasteiger partial charge in [-0.1, -0.05) is 5.40 Å². The average molecular weight is 311 g/mol. The molecule has 1 heterocycles. The maximum Gasteiger partial charge on any atom is 1.00 e. The van der Waals surface area contributed by atoms with Crippen LogP contribution < -0.4 is 51.4 Å². The molecule has 0 aromatic heterocycles. The van der Waals surface area contributed by atoms with E-state index >= 15 is 0 Å². The molecule has 1 fully saturated rings. The Hall–Kier alpha value is 0.616. The van der Waals surface area contributed by atoms with Gasteiger partial charge in [-0.25, -0.2) is 5.26 Å². The third-order valence-corrected chi connectivity index (χ3v) is 2.82. The molecule has 0 spiro atoms. The number of methoxy groups -OCH3 is 1. The van der Waals surface area contributed by atoms with Gasteiger partial charge in [0.2, 0.25) is 5.91 Å². The number of carbonyl (C=O) groups is 1. The van der Waals surface area contributed by atoms with Gasteiger partial charge in [0.05, 0.1) is 5.75 Å². The molecule has 0 radical (unpaired) electrons. The molecule has 5 nitrogen and oxygen atoms in total. The first-order valence-corrected chi connectivity index (χ1v) is 6.45. The molecular weight excluding hydrogens is 297 g/mol. The topological polar surface area (TPSA) is 77.1 Å². The second kappa shape index (κ2) is 14.0. The van der Waals surface area contributed by atoms with Crippen LogP contribution in [0.25, 0.3) is 0 Å². The molecule has 0 aromatic rings. The number of likely N-dealkylation sites (tertiary alicyclic amines) is 1. The third kappa shape index (κ3) is 8.67. The van der Waals surface area contributed by atoms with E-state index < -0.39 is 0 Å². The molecule has 0 saturated carbocycles. The molecule has 1 aliphatic rings. The Morgan fingerprint density at radius 2 is 2.17 bits per heavy atom. The summed E-state index contributed by atoms with van der Waals surface area (Å²) in [6.07, 6.45) is 2.95. The van der Waals surface area contributed by atoms with Crippen molar-refractivity contribution in [1.29, 1.82) is 10.5 Å². The van der Waals surface area contributed by atoms with Gasteiger partial charge in [0, 0.05) is 13.7 Å². The summed E-state index contributed by atoms with van der Waals surface area (Å²) in [5.41, 5.74) is 0. The van der Waals surface area contributed by atoms with Crippen LogP contribution in [0.4, 0.5) is 0 Å². The number of piperidine rings is 1. The molecule has 1 unspecified atom stereocenters. The first kappa shape index (κ1) is 20.9. The molecule has 1 rings (SSSR count). The number of amides is 1. The number of hydrogen-bond acceptors (Lipinski definition) is 6. The summed E-state index contributed by atoms with van der Waals surface area (Å²) in [5, 5.41) is 18.7. The molecule has 1 aliphatic heterocycles. The standard InChI is InChI=1S/C9H14N2O2S.CHNS.K/c1-13-9-4-2-3-5-11(9)8(12)6-14-7-10;2-1-3;/h9H,2-6H2,1H3;3H;/q;;+1/p-1. The molecule has 8 heteroatoms. The molecule has 18 heavy (non-hydrogen) atoms. The summed E-state index contributed by atoms with van der Waals surface area (Å²) in [4.78, 5) is 13.3. The van der Waals surface area contributed by atoms with Gasteiger partial charge in [-0.15, -0.1) is 0 Å². The smallest absolute Gasteiger partial charge is 0.696 e. The Labute approximate surface area is 160 Å². The van der Waals surface area contributed by atoms with E-state index in [-0.39, 0.29) is 69.3 Å². The summed E-state index contributed by atoms with van der Waals surface area (Å²) in [5.74, 6) is 0.235. The van der Waals surface area contributed by atoms with Gasteiger partial charge in [-0.2, -0.15) is 5.26 Å². The molecule has 0 N–H and O–H groups in total. The number of nitrogens with zero attached hydrogens (tertiary/aromatic N) is 3. The van der Waals surface area contributed by atoms with Gasteiger partial charge in [-0.05, 0) is 31.0 Å². The second-order valence-corrected chi connectivity index (χ2v) is 4.19. The molecule has 94 valence electrons. The van der Waals surface area contributed by atoms with Crippen molar-refractivity contribution >= 4 is 30.3 Å². The van der Waals surface area contributed by atoms with Gasteiger partial charge >= 0.3 is 51.4 Å². The van der Waals surface area contributed by atoms with E-state index in [2.05, 4.69) is 12.6 Å². The van der Waals surface area contributed by atoms with Crippen LogP contribution in [-0.4, -0.2) is 36.4 Å². The summed E-state index contributed by atoms with van der Waals surface area (Å²) < 4.78 is 5.22. The fourth-order valence-corrected chi connectivity index (χ4v) is 1.96. The van der Waals surface area contributed by atoms with Crippen LogP contribution in [0.3, 0.4) is 0 Å². The Balaban J connectivity index is 0. The van der Waals surface area contributed by atoms with E-state index in [9.17, 15) is 4.79 Å². The van der Waals surface area contributed by atoms with Crippen molar-refractivity contribution in [2.75, 3.05) is 19.4 Å². The van der Waals surface area contributed by atoms with E-state index in [4.69, 9.17) is 15.3 Å². The molecule has 1 amide bonds. The maximum atomic E-state index is 11.6. The Bertz CT molecular complexity index is 317. The molecule has 1 saturated heterocycles.